The summed E-state index contributed by atoms with van der Waals surface area (Å²) in [7, 11) is 0. The summed E-state index contributed by atoms with van der Waals surface area (Å²) in [4.78, 5) is 14.3. The van der Waals surface area contributed by atoms with Crippen LogP contribution in [-0.2, 0) is 0 Å². The molecule has 0 saturated heterocycles. The minimum atomic E-state index is 0.135. The largest absolute Gasteiger partial charge is 0.434 e. The van der Waals surface area contributed by atoms with Crippen molar-refractivity contribution in [1.82, 2.24) is 4.98 Å². The zero-order chi connectivity index (χ0) is 8.55. The smallest absolute Gasteiger partial charge is 0.260 e. The third kappa shape index (κ3) is 0.993. The first-order valence-corrected chi connectivity index (χ1v) is 3.62. The number of rotatable bonds is 1. The molecule has 0 spiro atoms. The van der Waals surface area contributed by atoms with Crippen molar-refractivity contribution in [1.29, 1.82) is 0 Å². The van der Waals surface area contributed by atoms with Gasteiger partial charge in [-0.2, -0.15) is 0 Å². The summed E-state index contributed by atoms with van der Waals surface area (Å²) in [6.07, 6.45) is 0.606. The van der Waals surface area contributed by atoms with Crippen LogP contribution >= 0.6 is 0 Å². The molecule has 3 nitrogen and oxygen atoms in total. The van der Waals surface area contributed by atoms with E-state index in [9.17, 15) is 4.79 Å². The average molecular weight is 161 g/mol. The lowest BCUT2D eigenvalue weighted by Crippen LogP contribution is -1.75. The zero-order valence-electron chi connectivity index (χ0n) is 6.57. The lowest BCUT2D eigenvalue weighted by Gasteiger charge is -1.87. The fourth-order valence-corrected chi connectivity index (χ4v) is 1.11. The fourth-order valence-electron chi connectivity index (χ4n) is 1.11. The molecule has 0 aliphatic rings. The van der Waals surface area contributed by atoms with Crippen molar-refractivity contribution in [2.24, 2.45) is 0 Å². The molecule has 12 heavy (non-hydrogen) atoms. The first-order valence-electron chi connectivity index (χ1n) is 3.62. The Morgan fingerprint density at radius 1 is 1.50 bits per heavy atom. The van der Waals surface area contributed by atoms with Crippen molar-refractivity contribution in [3.8, 4) is 0 Å². The minimum absolute atomic E-state index is 0.135. The van der Waals surface area contributed by atoms with Crippen molar-refractivity contribution >= 4 is 17.4 Å². The van der Waals surface area contributed by atoms with Crippen LogP contribution in [0, 0.1) is 6.92 Å². The highest BCUT2D eigenvalue weighted by Crippen LogP contribution is 2.15. The molecule has 3 heteroatoms. The van der Waals surface area contributed by atoms with E-state index in [1.54, 1.807) is 0 Å². The van der Waals surface area contributed by atoms with Gasteiger partial charge in [-0.05, 0) is 24.6 Å². The molecule has 0 aliphatic carbocycles. The molecule has 0 unspecified atom stereocenters. The van der Waals surface area contributed by atoms with E-state index in [1.165, 1.54) is 0 Å². The molecule has 0 saturated carbocycles. The molecule has 60 valence electrons. The summed E-state index contributed by atoms with van der Waals surface area (Å²) < 4.78 is 5.09. The zero-order valence-corrected chi connectivity index (χ0v) is 6.57. The first-order chi connectivity index (χ1) is 5.79. The van der Waals surface area contributed by atoms with Gasteiger partial charge in [0, 0.05) is 0 Å². The number of oxazole rings is 1. The molecule has 1 heterocycles. The summed E-state index contributed by atoms with van der Waals surface area (Å²) in [6, 6.07) is 5.61. The molecule has 0 atom stereocenters. The highest BCUT2D eigenvalue weighted by molar-refractivity contribution is 5.79. The Hall–Kier alpha value is -1.64. The molecule has 1 aromatic heterocycles. The molecule has 0 bridgehead atoms. The van der Waals surface area contributed by atoms with Gasteiger partial charge in [-0.1, -0.05) is 6.07 Å². The number of fused-ring (bicyclic) bond motifs is 1. The fraction of sp³-hybridized carbons (Fsp3) is 0.111. The van der Waals surface area contributed by atoms with Gasteiger partial charge < -0.3 is 4.42 Å². The van der Waals surface area contributed by atoms with Gasteiger partial charge in [-0.15, -0.1) is 0 Å². The third-order valence-electron chi connectivity index (χ3n) is 1.66. The number of carbonyl (C=O) groups excluding carboxylic acids is 1. The Balaban J connectivity index is 2.75. The predicted octanol–water partition coefficient (Wildman–Crippen LogP) is 1.95. The van der Waals surface area contributed by atoms with Crippen LogP contribution in [0.25, 0.3) is 11.1 Å². The maximum absolute atomic E-state index is 10.3. The lowest BCUT2D eigenvalue weighted by molar-refractivity contribution is 0.109. The number of hydrogen-bond donors (Lipinski definition) is 0. The molecule has 0 amide bonds. The predicted molar refractivity (Wildman–Crippen MR) is 44.1 cm³/mol. The highest BCUT2D eigenvalue weighted by atomic mass is 16.4. The Morgan fingerprint density at radius 2 is 2.33 bits per heavy atom. The van der Waals surface area contributed by atoms with Crippen LogP contribution in [-0.4, -0.2) is 11.3 Å². The number of carbonyl (C=O) groups is 1. The third-order valence-corrected chi connectivity index (χ3v) is 1.66. The van der Waals surface area contributed by atoms with Crippen molar-refractivity contribution < 1.29 is 9.21 Å². The molecule has 1 aromatic carbocycles. The molecule has 0 N–H and O–H groups in total. The molecule has 2 aromatic rings. The van der Waals surface area contributed by atoms with Crippen LogP contribution in [0.15, 0.2) is 22.6 Å². The van der Waals surface area contributed by atoms with Crippen LogP contribution < -0.4 is 0 Å². The summed E-state index contributed by atoms with van der Waals surface area (Å²) >= 11 is 0. The standard InChI is InChI=1S/C9H7NO2/c1-6-2-3-8-7(4-6)10-9(5-11)12-8/h2-5H,1H3. The molecule has 0 fully saturated rings. The van der Waals surface area contributed by atoms with E-state index in [4.69, 9.17) is 4.42 Å². The molecule has 2 rings (SSSR count). The van der Waals surface area contributed by atoms with Gasteiger partial charge in [0.25, 0.3) is 5.89 Å². The number of aldehydes is 1. The number of aryl methyl sites for hydroxylation is 1. The molecule has 0 radical (unpaired) electrons. The van der Waals surface area contributed by atoms with E-state index in [1.807, 2.05) is 25.1 Å². The van der Waals surface area contributed by atoms with Crippen LogP contribution in [0.2, 0.25) is 0 Å². The van der Waals surface area contributed by atoms with E-state index in [-0.39, 0.29) is 5.89 Å². The van der Waals surface area contributed by atoms with Gasteiger partial charge in [0.2, 0.25) is 6.29 Å². The Morgan fingerprint density at radius 3 is 3.08 bits per heavy atom. The van der Waals surface area contributed by atoms with Gasteiger partial charge >= 0.3 is 0 Å². The second kappa shape index (κ2) is 2.44. The first kappa shape index (κ1) is 7.03. The monoisotopic (exact) mass is 161 g/mol. The highest BCUT2D eigenvalue weighted by Gasteiger charge is 2.02. The number of aromatic nitrogens is 1. The van der Waals surface area contributed by atoms with Crippen molar-refractivity contribution in [3.63, 3.8) is 0 Å². The summed E-state index contributed by atoms with van der Waals surface area (Å²) in [5, 5.41) is 0. The maximum Gasteiger partial charge on any atom is 0.260 e. The average Bonchev–Trinajstić information content (AvgIpc) is 2.46. The quantitative estimate of drug-likeness (QED) is 0.600. The summed E-state index contributed by atoms with van der Waals surface area (Å²) in [6.45, 7) is 1.97. The maximum atomic E-state index is 10.3. The lowest BCUT2D eigenvalue weighted by atomic mass is 10.2. The summed E-state index contributed by atoms with van der Waals surface area (Å²) in [5.74, 6) is 0.135. The molecular formula is C9H7NO2. The van der Waals surface area contributed by atoms with E-state index >= 15 is 0 Å². The van der Waals surface area contributed by atoms with Crippen molar-refractivity contribution in [2.75, 3.05) is 0 Å². The normalized spacial score (nSPS) is 10.4. The number of benzene rings is 1. The summed E-state index contributed by atoms with van der Waals surface area (Å²) in [5.41, 5.74) is 2.49. The van der Waals surface area contributed by atoms with E-state index in [2.05, 4.69) is 4.98 Å². The van der Waals surface area contributed by atoms with E-state index < -0.39 is 0 Å². The van der Waals surface area contributed by atoms with Crippen molar-refractivity contribution in [3.05, 3.63) is 29.7 Å². The minimum Gasteiger partial charge on any atom is -0.434 e. The number of nitrogens with zero attached hydrogens (tertiary/aromatic N) is 1. The SMILES string of the molecule is Cc1ccc2oc(C=O)nc2c1. The second-order valence-electron chi connectivity index (χ2n) is 2.64. The number of hydrogen-bond acceptors (Lipinski definition) is 3. The van der Waals surface area contributed by atoms with Crippen LogP contribution in [0.1, 0.15) is 16.2 Å². The topological polar surface area (TPSA) is 43.1 Å². The van der Waals surface area contributed by atoms with Crippen molar-refractivity contribution in [2.45, 2.75) is 6.92 Å². The van der Waals surface area contributed by atoms with Crippen LogP contribution in [0.5, 0.6) is 0 Å². The molecule has 0 aliphatic heterocycles. The Labute approximate surface area is 69.0 Å². The van der Waals surface area contributed by atoms with Crippen LogP contribution in [0.3, 0.4) is 0 Å². The molecular weight excluding hydrogens is 154 g/mol. The van der Waals surface area contributed by atoms with Gasteiger partial charge in [0.1, 0.15) is 5.52 Å². The van der Waals surface area contributed by atoms with Gasteiger partial charge in [-0.3, -0.25) is 4.79 Å². The van der Waals surface area contributed by atoms with Gasteiger partial charge in [0.05, 0.1) is 0 Å². The van der Waals surface area contributed by atoms with E-state index in [0.29, 0.717) is 11.9 Å². The van der Waals surface area contributed by atoms with E-state index in [0.717, 1.165) is 11.1 Å². The van der Waals surface area contributed by atoms with Gasteiger partial charge in [0.15, 0.2) is 5.58 Å². The second-order valence-corrected chi connectivity index (χ2v) is 2.64. The Kier molecular flexibility index (Phi) is 1.43. The van der Waals surface area contributed by atoms with Gasteiger partial charge in [-0.25, -0.2) is 4.98 Å². The van der Waals surface area contributed by atoms with Crippen LogP contribution in [0.4, 0.5) is 0 Å². The Bertz CT molecular complexity index is 431.